The largest absolute Gasteiger partial charge is 0.342 e. The molecule has 0 aliphatic rings. The van der Waals surface area contributed by atoms with Gasteiger partial charge in [0.2, 0.25) is 5.78 Å². The van der Waals surface area contributed by atoms with Gasteiger partial charge in [-0.2, -0.15) is 0 Å². The summed E-state index contributed by atoms with van der Waals surface area (Å²) in [5.41, 5.74) is 0.684. The van der Waals surface area contributed by atoms with Gasteiger partial charge in [-0.3, -0.25) is 4.79 Å². The molecule has 0 spiro atoms. The topological polar surface area (TPSA) is 45.8 Å². The molecule has 0 saturated carbocycles. The Hall–Kier alpha value is -1.97. The molecule has 0 fully saturated rings. The van der Waals surface area contributed by atoms with E-state index in [9.17, 15) is 9.18 Å². The third-order valence-electron chi connectivity index (χ3n) is 2.23. The number of nitrogens with zero attached hydrogens (tertiary/aromatic N) is 1. The van der Waals surface area contributed by atoms with Gasteiger partial charge in [0.15, 0.2) is 5.82 Å². The standard InChI is InChI=1S/C11H9FN2O/c1-7-8(3-2-4-9(7)12)10(15)11-13-5-6-14-11/h2-6H,1H3,(H,13,14). The number of H-pyrrole nitrogens is 1. The van der Waals surface area contributed by atoms with Gasteiger partial charge in [-0.05, 0) is 18.6 Å². The Labute approximate surface area is 86.0 Å². The van der Waals surface area contributed by atoms with Crippen LogP contribution in [0, 0.1) is 12.7 Å². The van der Waals surface area contributed by atoms with Gasteiger partial charge in [-0.25, -0.2) is 9.37 Å². The molecule has 1 N–H and O–H groups in total. The highest BCUT2D eigenvalue weighted by atomic mass is 19.1. The number of aromatic amines is 1. The van der Waals surface area contributed by atoms with Gasteiger partial charge in [0.25, 0.3) is 0 Å². The number of benzene rings is 1. The third kappa shape index (κ3) is 1.66. The number of rotatable bonds is 2. The molecule has 0 amide bonds. The lowest BCUT2D eigenvalue weighted by Crippen LogP contribution is -2.06. The monoisotopic (exact) mass is 204 g/mol. The highest BCUT2D eigenvalue weighted by Crippen LogP contribution is 2.14. The number of carbonyl (C=O) groups excluding carboxylic acids is 1. The summed E-state index contributed by atoms with van der Waals surface area (Å²) in [5, 5.41) is 0. The van der Waals surface area contributed by atoms with Crippen LogP contribution in [0.25, 0.3) is 0 Å². The minimum atomic E-state index is -0.382. The molecule has 0 unspecified atom stereocenters. The molecule has 4 heteroatoms. The van der Waals surface area contributed by atoms with E-state index in [0.717, 1.165) is 0 Å². The second-order valence-electron chi connectivity index (χ2n) is 3.18. The van der Waals surface area contributed by atoms with Crippen molar-refractivity contribution in [2.45, 2.75) is 6.92 Å². The molecule has 0 bridgehead atoms. The van der Waals surface area contributed by atoms with Gasteiger partial charge in [0.05, 0.1) is 0 Å². The van der Waals surface area contributed by atoms with Crippen molar-refractivity contribution < 1.29 is 9.18 Å². The Bertz CT molecular complexity index is 491. The Morgan fingerprint density at radius 1 is 1.47 bits per heavy atom. The second kappa shape index (κ2) is 3.65. The molecular formula is C11H9FN2O. The number of nitrogens with one attached hydrogen (secondary N) is 1. The second-order valence-corrected chi connectivity index (χ2v) is 3.18. The first-order chi connectivity index (χ1) is 7.20. The van der Waals surface area contributed by atoms with Crippen LogP contribution < -0.4 is 0 Å². The average Bonchev–Trinajstić information content (AvgIpc) is 2.74. The van der Waals surface area contributed by atoms with E-state index in [0.29, 0.717) is 11.1 Å². The maximum absolute atomic E-state index is 13.2. The number of ketones is 1. The summed E-state index contributed by atoms with van der Waals surface area (Å²) in [7, 11) is 0. The number of aromatic nitrogens is 2. The molecule has 0 radical (unpaired) electrons. The van der Waals surface area contributed by atoms with E-state index >= 15 is 0 Å². The van der Waals surface area contributed by atoms with Crippen LogP contribution >= 0.6 is 0 Å². The maximum atomic E-state index is 13.2. The van der Waals surface area contributed by atoms with Gasteiger partial charge in [-0.1, -0.05) is 12.1 Å². The highest BCUT2D eigenvalue weighted by molar-refractivity contribution is 6.07. The van der Waals surface area contributed by atoms with Gasteiger partial charge >= 0.3 is 0 Å². The fraction of sp³-hybridized carbons (Fsp3) is 0.0909. The molecule has 2 aromatic rings. The zero-order valence-corrected chi connectivity index (χ0v) is 8.12. The number of hydrogen-bond acceptors (Lipinski definition) is 2. The van der Waals surface area contributed by atoms with Crippen molar-refractivity contribution in [1.29, 1.82) is 0 Å². The molecule has 1 aromatic heterocycles. The maximum Gasteiger partial charge on any atom is 0.228 e. The van der Waals surface area contributed by atoms with Crippen LogP contribution in [0.3, 0.4) is 0 Å². The molecule has 2 rings (SSSR count). The van der Waals surface area contributed by atoms with E-state index in [2.05, 4.69) is 9.97 Å². The van der Waals surface area contributed by atoms with Crippen LogP contribution in [-0.4, -0.2) is 15.8 Å². The van der Waals surface area contributed by atoms with Gasteiger partial charge in [0, 0.05) is 18.0 Å². The quantitative estimate of drug-likeness (QED) is 0.761. The predicted octanol–water partition coefficient (Wildman–Crippen LogP) is 2.09. The molecule has 3 nitrogen and oxygen atoms in total. The fourth-order valence-electron chi connectivity index (χ4n) is 1.37. The van der Waals surface area contributed by atoms with Crippen molar-refractivity contribution in [2.24, 2.45) is 0 Å². The fourth-order valence-corrected chi connectivity index (χ4v) is 1.37. The average molecular weight is 204 g/mol. The van der Waals surface area contributed by atoms with Crippen LogP contribution in [-0.2, 0) is 0 Å². The molecule has 1 aromatic carbocycles. The Morgan fingerprint density at radius 2 is 2.27 bits per heavy atom. The van der Waals surface area contributed by atoms with Crippen LogP contribution in [0.15, 0.2) is 30.6 Å². The van der Waals surface area contributed by atoms with Gasteiger partial charge in [0.1, 0.15) is 5.82 Å². The van der Waals surface area contributed by atoms with Gasteiger partial charge < -0.3 is 4.98 Å². The molecule has 0 aliphatic heterocycles. The number of halogens is 1. The number of carbonyl (C=O) groups is 1. The summed E-state index contributed by atoms with van der Waals surface area (Å²) in [5.74, 6) is -0.451. The lowest BCUT2D eigenvalue weighted by molar-refractivity contribution is 0.102. The SMILES string of the molecule is Cc1c(F)cccc1C(=O)c1ncc[nH]1. The van der Waals surface area contributed by atoms with E-state index in [1.54, 1.807) is 19.2 Å². The van der Waals surface area contributed by atoms with Crippen LogP contribution in [0.2, 0.25) is 0 Å². The zero-order valence-electron chi connectivity index (χ0n) is 8.12. The first kappa shape index (κ1) is 9.58. The number of hydrogen-bond donors (Lipinski definition) is 1. The molecule has 0 atom stereocenters. The number of imidazole rings is 1. The van der Waals surface area contributed by atoms with Crippen molar-refractivity contribution in [2.75, 3.05) is 0 Å². The van der Waals surface area contributed by atoms with E-state index in [1.165, 1.54) is 18.3 Å². The van der Waals surface area contributed by atoms with E-state index in [4.69, 9.17) is 0 Å². The Balaban J connectivity index is 2.47. The molecule has 76 valence electrons. The normalized spacial score (nSPS) is 10.3. The summed E-state index contributed by atoms with van der Waals surface area (Å²) in [6.45, 7) is 1.57. The molecule has 15 heavy (non-hydrogen) atoms. The first-order valence-corrected chi connectivity index (χ1v) is 4.49. The smallest absolute Gasteiger partial charge is 0.228 e. The van der Waals surface area contributed by atoms with Crippen molar-refractivity contribution in [3.8, 4) is 0 Å². The summed E-state index contributed by atoms with van der Waals surface area (Å²) < 4.78 is 13.2. The van der Waals surface area contributed by atoms with Crippen molar-refractivity contribution in [3.63, 3.8) is 0 Å². The molecular weight excluding hydrogens is 195 g/mol. The van der Waals surface area contributed by atoms with E-state index in [-0.39, 0.29) is 17.4 Å². The first-order valence-electron chi connectivity index (χ1n) is 4.49. The molecule has 1 heterocycles. The minimum absolute atomic E-state index is 0.226. The van der Waals surface area contributed by atoms with E-state index < -0.39 is 0 Å². The summed E-state index contributed by atoms with van der Waals surface area (Å²) in [6, 6.07) is 4.43. The Kier molecular flexibility index (Phi) is 2.33. The van der Waals surface area contributed by atoms with Crippen LogP contribution in [0.4, 0.5) is 4.39 Å². The van der Waals surface area contributed by atoms with Crippen molar-refractivity contribution in [1.82, 2.24) is 9.97 Å². The van der Waals surface area contributed by atoms with Crippen molar-refractivity contribution in [3.05, 3.63) is 53.4 Å². The Morgan fingerprint density at radius 3 is 2.93 bits per heavy atom. The minimum Gasteiger partial charge on any atom is -0.342 e. The summed E-state index contributed by atoms with van der Waals surface area (Å²) in [6.07, 6.45) is 3.05. The molecule has 0 saturated heterocycles. The lowest BCUT2D eigenvalue weighted by atomic mass is 10.0. The third-order valence-corrected chi connectivity index (χ3v) is 2.23. The summed E-state index contributed by atoms with van der Waals surface area (Å²) >= 11 is 0. The zero-order chi connectivity index (χ0) is 10.8. The predicted molar refractivity (Wildman–Crippen MR) is 53.2 cm³/mol. The van der Waals surface area contributed by atoms with Gasteiger partial charge in [-0.15, -0.1) is 0 Å². The van der Waals surface area contributed by atoms with Crippen LogP contribution in [0.5, 0.6) is 0 Å². The molecule has 0 aliphatic carbocycles. The highest BCUT2D eigenvalue weighted by Gasteiger charge is 2.15. The van der Waals surface area contributed by atoms with E-state index in [1.807, 2.05) is 0 Å². The lowest BCUT2D eigenvalue weighted by Gasteiger charge is -2.03. The summed E-state index contributed by atoms with van der Waals surface area (Å²) in [4.78, 5) is 18.4. The van der Waals surface area contributed by atoms with Crippen molar-refractivity contribution >= 4 is 5.78 Å². The van der Waals surface area contributed by atoms with Crippen LogP contribution in [0.1, 0.15) is 21.7 Å².